The topological polar surface area (TPSA) is 103 Å². The van der Waals surface area contributed by atoms with Gasteiger partial charge < -0.3 is 34.8 Å². The maximum atomic E-state index is 9.73. The molecule has 1 unspecified atom stereocenters. The van der Waals surface area contributed by atoms with Crippen molar-refractivity contribution in [2.75, 3.05) is 24.7 Å². The summed E-state index contributed by atoms with van der Waals surface area (Å²) in [6.07, 6.45) is 1.79. The molecule has 7 heteroatoms. The van der Waals surface area contributed by atoms with E-state index in [1.54, 1.807) is 0 Å². The Labute approximate surface area is 316 Å². The van der Waals surface area contributed by atoms with Crippen molar-refractivity contribution in [3.63, 3.8) is 0 Å². The monoisotopic (exact) mass is 717 g/mol. The highest BCUT2D eigenvalue weighted by atomic mass is 16.5. The molecule has 7 nitrogen and oxygen atoms in total. The van der Waals surface area contributed by atoms with Gasteiger partial charge in [-0.3, -0.25) is 0 Å². The molecule has 1 aliphatic carbocycles. The third-order valence-corrected chi connectivity index (χ3v) is 9.82. The summed E-state index contributed by atoms with van der Waals surface area (Å²) in [5.74, 6) is 0.852. The molecule has 0 saturated heterocycles. The maximum absolute atomic E-state index is 9.73. The van der Waals surface area contributed by atoms with Gasteiger partial charge in [0, 0.05) is 22.5 Å². The Morgan fingerprint density at radius 3 is 1.89 bits per heavy atom. The number of ether oxygens (including phenoxy) is 2. The Morgan fingerprint density at radius 1 is 0.667 bits per heavy atom. The Bertz CT molecular complexity index is 2260. The lowest BCUT2D eigenvalue weighted by Crippen LogP contribution is -2.21. The van der Waals surface area contributed by atoms with Crippen molar-refractivity contribution >= 4 is 28.7 Å². The van der Waals surface area contributed by atoms with E-state index < -0.39 is 6.10 Å². The minimum Gasteiger partial charge on any atom is -0.512 e. The SMILES string of the molecule is CC1(C)c2ccccc2-c2ccc(N(c3ccccc3)c3ccc(C=C(c4ccc(OC/C(O)=C\O)cc4)c4ccc(OCC(O)CO)cc4)cc3)cc21. The third kappa shape index (κ3) is 7.60. The molecule has 6 aromatic carbocycles. The quantitative estimate of drug-likeness (QED) is 0.0697. The molecule has 1 atom stereocenters. The summed E-state index contributed by atoms with van der Waals surface area (Å²) in [6, 6.07) is 49.6. The van der Waals surface area contributed by atoms with Crippen LogP contribution in [0, 0.1) is 0 Å². The van der Waals surface area contributed by atoms with Gasteiger partial charge in [0.1, 0.15) is 37.1 Å². The Hall–Kier alpha value is -6.28. The number of fused-ring (bicyclic) bond motifs is 3. The average molecular weight is 718 g/mol. The van der Waals surface area contributed by atoms with Crippen LogP contribution in [0.15, 0.2) is 158 Å². The number of hydrogen-bond acceptors (Lipinski definition) is 7. The second-order valence-electron chi connectivity index (χ2n) is 13.8. The molecule has 4 N–H and O–H groups in total. The van der Waals surface area contributed by atoms with Gasteiger partial charge in [-0.2, -0.15) is 0 Å². The van der Waals surface area contributed by atoms with Crippen molar-refractivity contribution in [1.82, 2.24) is 0 Å². The standard InChI is InChI=1S/C47H43NO6/c1-47(2)45-11-7-6-10-42(45)43-25-20-37(27-46(43)47)48(35-8-4-3-5-9-35)36-18-12-32(13-19-36)26-44(33-14-21-40(22-15-33)53-30-38(51)28-49)34-16-23-41(24-17-34)54-31-39(52)29-50/h3-28,39,49-52H,29-31H2,1-2H3/b38-28+,44-26?. The molecule has 0 bridgehead atoms. The van der Waals surface area contributed by atoms with Crippen LogP contribution in [0.5, 0.6) is 11.5 Å². The number of hydrogen-bond donors (Lipinski definition) is 4. The fourth-order valence-electron chi connectivity index (χ4n) is 6.98. The highest BCUT2D eigenvalue weighted by molar-refractivity contribution is 5.92. The number of aliphatic hydroxyl groups excluding tert-OH is 4. The number of anilines is 3. The Morgan fingerprint density at radius 2 is 1.24 bits per heavy atom. The van der Waals surface area contributed by atoms with E-state index in [0.717, 1.165) is 39.3 Å². The van der Waals surface area contributed by atoms with E-state index in [1.807, 2.05) is 54.6 Å². The van der Waals surface area contributed by atoms with E-state index in [0.29, 0.717) is 17.8 Å². The van der Waals surface area contributed by atoms with Gasteiger partial charge in [0.2, 0.25) is 0 Å². The second-order valence-corrected chi connectivity index (χ2v) is 13.8. The lowest BCUT2D eigenvalue weighted by atomic mass is 9.82. The average Bonchev–Trinajstić information content (AvgIpc) is 3.45. The largest absolute Gasteiger partial charge is 0.512 e. The predicted octanol–water partition coefficient (Wildman–Crippen LogP) is 10.1. The van der Waals surface area contributed by atoms with E-state index >= 15 is 0 Å². The summed E-state index contributed by atoms with van der Waals surface area (Å²) < 4.78 is 11.2. The van der Waals surface area contributed by atoms with Gasteiger partial charge in [-0.1, -0.05) is 98.8 Å². The van der Waals surface area contributed by atoms with Crippen molar-refractivity contribution in [2.45, 2.75) is 25.4 Å². The molecule has 0 radical (unpaired) electrons. The molecule has 6 aromatic rings. The molecule has 0 aliphatic heterocycles. The summed E-state index contributed by atoms with van der Waals surface area (Å²) >= 11 is 0. The lowest BCUT2D eigenvalue weighted by Gasteiger charge is -2.28. The zero-order valence-corrected chi connectivity index (χ0v) is 30.3. The molecular weight excluding hydrogens is 675 g/mol. The number of para-hydroxylation sites is 1. The number of benzene rings is 6. The normalized spacial score (nSPS) is 13.9. The minimum atomic E-state index is -0.955. The van der Waals surface area contributed by atoms with Crippen molar-refractivity contribution in [3.8, 4) is 22.6 Å². The summed E-state index contributed by atoms with van der Waals surface area (Å²) in [6.45, 7) is 4.08. The van der Waals surface area contributed by atoms with Crippen LogP contribution in [-0.2, 0) is 5.41 Å². The van der Waals surface area contributed by atoms with Crippen LogP contribution < -0.4 is 14.4 Å². The molecule has 0 spiro atoms. The van der Waals surface area contributed by atoms with Crippen molar-refractivity contribution in [3.05, 3.63) is 185 Å². The molecule has 7 rings (SSSR count). The van der Waals surface area contributed by atoms with Crippen molar-refractivity contribution in [1.29, 1.82) is 0 Å². The summed E-state index contributed by atoms with van der Waals surface area (Å²) in [5, 5.41) is 37.5. The molecule has 0 saturated carbocycles. The van der Waals surface area contributed by atoms with E-state index in [4.69, 9.17) is 19.7 Å². The summed E-state index contributed by atoms with van der Waals surface area (Å²) in [5.41, 5.74) is 12.1. The van der Waals surface area contributed by atoms with Crippen LogP contribution in [0.1, 0.15) is 41.7 Å². The van der Waals surface area contributed by atoms with Crippen molar-refractivity contribution in [2.24, 2.45) is 0 Å². The molecule has 1 aliphatic rings. The zero-order chi connectivity index (χ0) is 37.7. The molecule has 54 heavy (non-hydrogen) atoms. The van der Waals surface area contributed by atoms with E-state index in [9.17, 15) is 10.2 Å². The first-order chi connectivity index (χ1) is 26.2. The van der Waals surface area contributed by atoms with Gasteiger partial charge in [0.15, 0.2) is 5.76 Å². The van der Waals surface area contributed by atoms with Crippen LogP contribution in [0.2, 0.25) is 0 Å². The number of nitrogens with zero attached hydrogens (tertiary/aromatic N) is 1. The van der Waals surface area contributed by atoms with Crippen LogP contribution >= 0.6 is 0 Å². The van der Waals surface area contributed by atoms with Gasteiger partial charge in [-0.25, -0.2) is 0 Å². The number of aliphatic hydroxyl groups is 4. The minimum absolute atomic E-state index is 0.00968. The first-order valence-electron chi connectivity index (χ1n) is 17.9. The second kappa shape index (κ2) is 15.8. The zero-order valence-electron chi connectivity index (χ0n) is 30.3. The first-order valence-corrected chi connectivity index (χ1v) is 17.9. The summed E-state index contributed by atoms with van der Waals surface area (Å²) in [7, 11) is 0. The predicted molar refractivity (Wildman–Crippen MR) is 216 cm³/mol. The maximum Gasteiger partial charge on any atom is 0.164 e. The number of rotatable bonds is 13. The smallest absolute Gasteiger partial charge is 0.164 e. The van der Waals surface area contributed by atoms with Crippen LogP contribution in [-0.4, -0.2) is 46.4 Å². The van der Waals surface area contributed by atoms with Gasteiger partial charge >= 0.3 is 0 Å². The van der Waals surface area contributed by atoms with Gasteiger partial charge in [0.05, 0.1) is 6.61 Å². The first kappa shape index (κ1) is 36.1. The molecule has 0 amide bonds. The van der Waals surface area contributed by atoms with E-state index in [1.165, 1.54) is 22.3 Å². The van der Waals surface area contributed by atoms with E-state index in [2.05, 4.69) is 116 Å². The Kier molecular flexibility index (Phi) is 10.5. The fourth-order valence-corrected chi connectivity index (χ4v) is 6.98. The lowest BCUT2D eigenvalue weighted by molar-refractivity contribution is 0.0536. The molecule has 272 valence electrons. The van der Waals surface area contributed by atoms with Crippen LogP contribution in [0.4, 0.5) is 17.1 Å². The third-order valence-electron chi connectivity index (χ3n) is 9.82. The Balaban J connectivity index is 1.23. The molecule has 0 heterocycles. The molecule has 0 aromatic heterocycles. The van der Waals surface area contributed by atoms with Gasteiger partial charge in [-0.15, -0.1) is 0 Å². The summed E-state index contributed by atoms with van der Waals surface area (Å²) in [4.78, 5) is 2.29. The fraction of sp³-hybridized carbons (Fsp3) is 0.149. The van der Waals surface area contributed by atoms with Gasteiger partial charge in [0.25, 0.3) is 0 Å². The van der Waals surface area contributed by atoms with E-state index in [-0.39, 0.29) is 31.0 Å². The van der Waals surface area contributed by atoms with Gasteiger partial charge in [-0.05, 0) is 111 Å². The molecular formula is C47H43NO6. The van der Waals surface area contributed by atoms with Crippen LogP contribution in [0.3, 0.4) is 0 Å². The highest BCUT2D eigenvalue weighted by Gasteiger charge is 2.35. The molecule has 0 fully saturated rings. The highest BCUT2D eigenvalue weighted by Crippen LogP contribution is 2.50. The van der Waals surface area contributed by atoms with Crippen molar-refractivity contribution < 1.29 is 29.9 Å². The van der Waals surface area contributed by atoms with Crippen LogP contribution in [0.25, 0.3) is 22.8 Å².